The molecule has 1 heterocycles. The first-order valence-electron chi connectivity index (χ1n) is 10.1. The number of esters is 1. The highest BCUT2D eigenvalue weighted by Crippen LogP contribution is 2.15. The van der Waals surface area contributed by atoms with Crippen LogP contribution in [0.15, 0.2) is 48.5 Å². The Morgan fingerprint density at radius 3 is 2.30 bits per heavy atom. The number of nitrogens with one attached hydrogen (secondary N) is 3. The van der Waals surface area contributed by atoms with Gasteiger partial charge in [-0.05, 0) is 30.7 Å². The molecule has 0 saturated carbocycles. The number of rotatable bonds is 6. The number of aryl methyl sites for hydroxylation is 1. The summed E-state index contributed by atoms with van der Waals surface area (Å²) >= 11 is 0. The molecular formula is C23H28N3O4+. The zero-order valence-corrected chi connectivity index (χ0v) is 17.4. The van der Waals surface area contributed by atoms with Crippen LogP contribution < -0.4 is 15.5 Å². The fourth-order valence-electron chi connectivity index (χ4n) is 3.74. The van der Waals surface area contributed by atoms with E-state index < -0.39 is 5.97 Å². The quantitative estimate of drug-likeness (QED) is 0.625. The van der Waals surface area contributed by atoms with Crippen molar-refractivity contribution < 1.29 is 24.0 Å². The second kappa shape index (κ2) is 10.0. The maximum atomic E-state index is 12.5. The van der Waals surface area contributed by atoms with Gasteiger partial charge >= 0.3 is 5.97 Å². The largest absolute Gasteiger partial charge is 0.465 e. The van der Waals surface area contributed by atoms with Gasteiger partial charge in [-0.3, -0.25) is 9.59 Å². The molecular weight excluding hydrogens is 382 g/mol. The van der Waals surface area contributed by atoms with Gasteiger partial charge in [0, 0.05) is 24.4 Å². The van der Waals surface area contributed by atoms with Crippen molar-refractivity contribution in [2.45, 2.75) is 25.8 Å². The van der Waals surface area contributed by atoms with E-state index in [2.05, 4.69) is 10.6 Å². The summed E-state index contributed by atoms with van der Waals surface area (Å²) in [6.45, 7) is 3.84. The number of ether oxygens (including phenoxy) is 1. The Bertz CT molecular complexity index is 920. The number of likely N-dealkylation sites (tertiary alicyclic amines) is 1. The minimum absolute atomic E-state index is 0.0429. The predicted molar refractivity (Wildman–Crippen MR) is 114 cm³/mol. The molecule has 0 atom stereocenters. The third-order valence-electron chi connectivity index (χ3n) is 5.43. The molecule has 0 unspecified atom stereocenters. The van der Waals surface area contributed by atoms with Crippen molar-refractivity contribution in [2.24, 2.45) is 0 Å². The second-order valence-corrected chi connectivity index (χ2v) is 7.57. The van der Waals surface area contributed by atoms with Gasteiger partial charge in [-0.1, -0.05) is 30.3 Å². The van der Waals surface area contributed by atoms with Crippen LogP contribution >= 0.6 is 0 Å². The zero-order valence-electron chi connectivity index (χ0n) is 17.4. The van der Waals surface area contributed by atoms with Crippen LogP contribution in [0.4, 0.5) is 5.69 Å². The van der Waals surface area contributed by atoms with Crippen LogP contribution in [0.3, 0.4) is 0 Å². The van der Waals surface area contributed by atoms with E-state index in [0.29, 0.717) is 23.4 Å². The molecule has 0 aromatic heterocycles. The Kier molecular flexibility index (Phi) is 7.19. The molecule has 3 rings (SSSR count). The normalized spacial score (nSPS) is 18.3. The average Bonchev–Trinajstić information content (AvgIpc) is 2.75. The van der Waals surface area contributed by atoms with Crippen LogP contribution in [0.1, 0.15) is 39.1 Å². The molecule has 2 aromatic rings. The maximum Gasteiger partial charge on any atom is 0.339 e. The number of benzene rings is 2. The van der Waals surface area contributed by atoms with Gasteiger partial charge in [0.15, 0.2) is 6.54 Å². The van der Waals surface area contributed by atoms with Crippen molar-refractivity contribution in [3.8, 4) is 0 Å². The molecule has 158 valence electrons. The first-order valence-corrected chi connectivity index (χ1v) is 10.1. The number of anilines is 1. The highest BCUT2D eigenvalue weighted by atomic mass is 16.5. The van der Waals surface area contributed by atoms with Gasteiger partial charge < -0.3 is 20.3 Å². The molecule has 1 saturated heterocycles. The highest BCUT2D eigenvalue weighted by Gasteiger charge is 2.26. The number of hydrogen-bond acceptors (Lipinski definition) is 4. The van der Waals surface area contributed by atoms with Gasteiger partial charge in [-0.2, -0.15) is 0 Å². The lowest BCUT2D eigenvalue weighted by Crippen LogP contribution is -3.14. The van der Waals surface area contributed by atoms with E-state index in [4.69, 9.17) is 4.74 Å². The van der Waals surface area contributed by atoms with Crippen molar-refractivity contribution in [2.75, 3.05) is 32.1 Å². The Morgan fingerprint density at radius 1 is 1.00 bits per heavy atom. The average molecular weight is 410 g/mol. The Labute approximate surface area is 176 Å². The van der Waals surface area contributed by atoms with E-state index >= 15 is 0 Å². The van der Waals surface area contributed by atoms with Crippen molar-refractivity contribution in [3.63, 3.8) is 0 Å². The summed E-state index contributed by atoms with van der Waals surface area (Å²) in [7, 11) is 1.31. The van der Waals surface area contributed by atoms with Crippen molar-refractivity contribution in [3.05, 3.63) is 65.2 Å². The Balaban J connectivity index is 1.48. The minimum Gasteiger partial charge on any atom is -0.465 e. The smallest absolute Gasteiger partial charge is 0.339 e. The molecule has 2 aromatic carbocycles. The van der Waals surface area contributed by atoms with E-state index in [-0.39, 0.29) is 17.9 Å². The first-order chi connectivity index (χ1) is 14.5. The molecule has 30 heavy (non-hydrogen) atoms. The van der Waals surface area contributed by atoms with Crippen LogP contribution in [0.2, 0.25) is 0 Å². The van der Waals surface area contributed by atoms with E-state index in [9.17, 15) is 14.4 Å². The zero-order chi connectivity index (χ0) is 21.5. The van der Waals surface area contributed by atoms with Gasteiger partial charge in [0.2, 0.25) is 0 Å². The lowest BCUT2D eigenvalue weighted by Gasteiger charge is -2.29. The molecule has 0 bridgehead atoms. The number of hydrogen-bond donors (Lipinski definition) is 3. The number of carbonyl (C=O) groups excluding carboxylic acids is 3. The van der Waals surface area contributed by atoms with Crippen molar-refractivity contribution in [1.82, 2.24) is 5.32 Å². The summed E-state index contributed by atoms with van der Waals surface area (Å²) in [6.07, 6.45) is 1.64. The number of quaternary nitrogens is 1. The molecule has 1 aliphatic rings. The van der Waals surface area contributed by atoms with Crippen LogP contribution in [0.5, 0.6) is 0 Å². The fourth-order valence-corrected chi connectivity index (χ4v) is 3.74. The summed E-state index contributed by atoms with van der Waals surface area (Å²) in [4.78, 5) is 38.0. The summed E-state index contributed by atoms with van der Waals surface area (Å²) < 4.78 is 4.76. The molecule has 7 heteroatoms. The lowest BCUT2D eigenvalue weighted by molar-refractivity contribution is -0.897. The minimum atomic E-state index is -0.483. The third-order valence-corrected chi connectivity index (χ3v) is 5.43. The van der Waals surface area contributed by atoms with Crippen LogP contribution in [0.25, 0.3) is 0 Å². The van der Waals surface area contributed by atoms with Gasteiger partial charge in [-0.15, -0.1) is 0 Å². The van der Waals surface area contributed by atoms with Crippen molar-refractivity contribution in [1.29, 1.82) is 0 Å². The molecule has 7 nitrogen and oxygen atoms in total. The third kappa shape index (κ3) is 5.45. The molecule has 2 amide bonds. The number of methoxy groups -OCH3 is 1. The van der Waals surface area contributed by atoms with Crippen LogP contribution in [-0.2, 0) is 9.53 Å². The molecule has 3 N–H and O–H groups in total. The van der Waals surface area contributed by atoms with Gasteiger partial charge in [0.25, 0.3) is 11.8 Å². The monoisotopic (exact) mass is 410 g/mol. The Morgan fingerprint density at radius 2 is 1.63 bits per heavy atom. The fraction of sp³-hybridized carbons (Fsp3) is 0.348. The van der Waals surface area contributed by atoms with E-state index in [1.165, 1.54) is 7.11 Å². The van der Waals surface area contributed by atoms with E-state index in [1.807, 2.05) is 31.2 Å². The molecule has 0 spiro atoms. The van der Waals surface area contributed by atoms with E-state index in [0.717, 1.165) is 36.4 Å². The molecule has 0 aliphatic carbocycles. The molecule has 1 fully saturated rings. The number of amides is 2. The summed E-state index contributed by atoms with van der Waals surface area (Å²) in [5, 5.41) is 5.93. The SMILES string of the molecule is COC(=O)c1ccccc1NC(=O)C[NH+]1CCC(NC(=O)c2ccccc2C)CC1. The van der Waals surface area contributed by atoms with E-state index in [1.54, 1.807) is 24.3 Å². The highest BCUT2D eigenvalue weighted by molar-refractivity contribution is 6.01. The summed E-state index contributed by atoms with van der Waals surface area (Å²) in [5.41, 5.74) is 2.45. The summed E-state index contributed by atoms with van der Waals surface area (Å²) in [6, 6.07) is 14.5. The topological polar surface area (TPSA) is 88.9 Å². The predicted octanol–water partition coefficient (Wildman–Crippen LogP) is 1.20. The van der Waals surface area contributed by atoms with Gasteiger partial charge in [0.05, 0.1) is 31.5 Å². The lowest BCUT2D eigenvalue weighted by atomic mass is 10.0. The van der Waals surface area contributed by atoms with Gasteiger partial charge in [0.1, 0.15) is 0 Å². The number of piperidine rings is 1. The molecule has 0 radical (unpaired) electrons. The standard InChI is InChI=1S/C23H27N3O4/c1-16-7-3-4-8-18(16)22(28)24-17-11-13-26(14-12-17)15-21(27)25-20-10-6-5-9-19(20)23(29)30-2/h3-10,17H,11-15H2,1-2H3,(H,24,28)(H,25,27)/p+1. The first kappa shape index (κ1) is 21.5. The Hall–Kier alpha value is -3.19. The second-order valence-electron chi connectivity index (χ2n) is 7.57. The number of carbonyl (C=O) groups is 3. The van der Waals surface area contributed by atoms with Crippen LogP contribution in [0, 0.1) is 6.92 Å². The van der Waals surface area contributed by atoms with Gasteiger partial charge in [-0.25, -0.2) is 4.79 Å². The maximum absolute atomic E-state index is 12.5. The van der Waals surface area contributed by atoms with Crippen molar-refractivity contribution >= 4 is 23.5 Å². The molecule has 1 aliphatic heterocycles. The van der Waals surface area contributed by atoms with Crippen LogP contribution in [-0.4, -0.2) is 50.6 Å². The number of para-hydroxylation sites is 1. The summed E-state index contributed by atoms with van der Waals surface area (Å²) in [5.74, 6) is -0.675.